The molecule has 196 valence electrons. The SMILES string of the molecule is C[C@@H](c1cc(CCCNC(=O)CO)n(C2CCOCC2)n1)N(C(=O)[C@H]1CNC[C@@H](CF)O1)C1CC1. The highest BCUT2D eigenvalue weighted by Crippen LogP contribution is 2.36. The molecular weight excluding hydrogens is 457 g/mol. The highest BCUT2D eigenvalue weighted by molar-refractivity contribution is 5.82. The van der Waals surface area contributed by atoms with Crippen LogP contribution in [0.5, 0.6) is 0 Å². The minimum atomic E-state index is -0.695. The molecule has 4 rings (SSSR count). The third-order valence-electron chi connectivity index (χ3n) is 6.99. The second kappa shape index (κ2) is 12.2. The molecule has 2 saturated heterocycles. The molecule has 3 fully saturated rings. The monoisotopic (exact) mass is 495 g/mol. The summed E-state index contributed by atoms with van der Waals surface area (Å²) in [6.45, 7) is 3.51. The number of nitrogens with one attached hydrogen (secondary N) is 2. The maximum atomic E-state index is 13.5. The Morgan fingerprint density at radius 2 is 2.09 bits per heavy atom. The van der Waals surface area contributed by atoms with Gasteiger partial charge in [0.1, 0.15) is 19.4 Å². The third-order valence-corrected chi connectivity index (χ3v) is 6.99. The third kappa shape index (κ3) is 6.58. The van der Waals surface area contributed by atoms with Crippen LogP contribution in [-0.2, 0) is 25.5 Å². The maximum absolute atomic E-state index is 13.5. The van der Waals surface area contributed by atoms with Gasteiger partial charge in [0, 0.05) is 44.6 Å². The lowest BCUT2D eigenvalue weighted by molar-refractivity contribution is -0.154. The minimum Gasteiger partial charge on any atom is -0.387 e. The Morgan fingerprint density at radius 3 is 2.77 bits per heavy atom. The molecule has 0 bridgehead atoms. The normalized spacial score (nSPS) is 24.2. The molecule has 1 aromatic rings. The number of alkyl halides is 1. The Balaban J connectivity index is 1.50. The predicted octanol–water partition coefficient (Wildman–Crippen LogP) is 0.654. The van der Waals surface area contributed by atoms with Gasteiger partial charge in [-0.3, -0.25) is 14.3 Å². The number of morpholine rings is 1. The van der Waals surface area contributed by atoms with Gasteiger partial charge in [0.15, 0.2) is 0 Å². The van der Waals surface area contributed by atoms with Crippen LogP contribution in [0.1, 0.15) is 62.5 Å². The highest BCUT2D eigenvalue weighted by Gasteiger charge is 2.42. The summed E-state index contributed by atoms with van der Waals surface area (Å²) in [5.41, 5.74) is 1.89. The number of aryl methyl sites for hydroxylation is 1. The predicted molar refractivity (Wildman–Crippen MR) is 126 cm³/mol. The van der Waals surface area contributed by atoms with Gasteiger partial charge in [0.2, 0.25) is 5.91 Å². The largest absolute Gasteiger partial charge is 0.387 e. The smallest absolute Gasteiger partial charge is 0.253 e. The number of carbonyl (C=O) groups excluding carboxylic acids is 2. The van der Waals surface area contributed by atoms with Gasteiger partial charge in [-0.1, -0.05) is 0 Å². The molecule has 10 nitrogen and oxygen atoms in total. The second-order valence-corrected chi connectivity index (χ2v) is 9.67. The Bertz CT molecular complexity index is 857. The first kappa shape index (κ1) is 26.0. The number of carbonyl (C=O) groups is 2. The molecule has 3 aliphatic rings. The second-order valence-electron chi connectivity index (χ2n) is 9.67. The lowest BCUT2D eigenvalue weighted by atomic mass is 10.1. The van der Waals surface area contributed by atoms with E-state index in [0.717, 1.165) is 37.1 Å². The van der Waals surface area contributed by atoms with Gasteiger partial charge < -0.3 is 30.1 Å². The van der Waals surface area contributed by atoms with E-state index in [-0.39, 0.29) is 29.9 Å². The van der Waals surface area contributed by atoms with E-state index in [4.69, 9.17) is 19.7 Å². The quantitative estimate of drug-likeness (QED) is 0.386. The molecule has 11 heteroatoms. The van der Waals surface area contributed by atoms with Crippen molar-refractivity contribution in [2.45, 2.75) is 75.8 Å². The van der Waals surface area contributed by atoms with Gasteiger partial charge in [-0.25, -0.2) is 4.39 Å². The van der Waals surface area contributed by atoms with Crippen molar-refractivity contribution in [2.24, 2.45) is 0 Å². The molecule has 1 aliphatic carbocycles. The minimum absolute atomic E-state index is 0.112. The summed E-state index contributed by atoms with van der Waals surface area (Å²) in [5, 5.41) is 19.7. The van der Waals surface area contributed by atoms with Gasteiger partial charge in [-0.2, -0.15) is 5.10 Å². The Labute approximate surface area is 205 Å². The maximum Gasteiger partial charge on any atom is 0.253 e. The van der Waals surface area contributed by atoms with Gasteiger partial charge in [0.05, 0.1) is 23.9 Å². The van der Waals surface area contributed by atoms with Crippen molar-refractivity contribution in [2.75, 3.05) is 46.1 Å². The van der Waals surface area contributed by atoms with E-state index >= 15 is 0 Å². The molecule has 3 heterocycles. The van der Waals surface area contributed by atoms with Gasteiger partial charge in [0.25, 0.3) is 5.91 Å². The van der Waals surface area contributed by atoms with Gasteiger partial charge >= 0.3 is 0 Å². The van der Waals surface area contributed by atoms with Crippen molar-refractivity contribution >= 4 is 11.8 Å². The summed E-state index contributed by atoms with van der Waals surface area (Å²) in [5.74, 6) is -0.496. The summed E-state index contributed by atoms with van der Waals surface area (Å²) >= 11 is 0. The zero-order chi connectivity index (χ0) is 24.8. The summed E-state index contributed by atoms with van der Waals surface area (Å²) in [6.07, 6.45) is 3.78. The number of aromatic nitrogens is 2. The molecule has 35 heavy (non-hydrogen) atoms. The van der Waals surface area contributed by atoms with E-state index in [1.807, 2.05) is 11.8 Å². The standard InChI is InChI=1S/C24H38FN5O5/c1-16(29(17-4-5-17)24(33)22-14-26-13-20(12-25)35-22)21-11-19(3-2-8-27-23(32)15-31)30(28-21)18-6-9-34-10-7-18/h11,16-18,20,22,26,31H,2-10,12-15H2,1H3,(H,27,32)/t16-,20+,22+/m0/s1. The van der Waals surface area contributed by atoms with Crippen LogP contribution in [0.15, 0.2) is 6.07 Å². The van der Waals surface area contributed by atoms with E-state index in [0.29, 0.717) is 45.7 Å². The van der Waals surface area contributed by atoms with Gasteiger partial charge in [-0.05, 0) is 51.5 Å². The van der Waals surface area contributed by atoms with Crippen molar-refractivity contribution < 1.29 is 28.6 Å². The Morgan fingerprint density at radius 1 is 1.31 bits per heavy atom. The summed E-state index contributed by atoms with van der Waals surface area (Å²) < 4.78 is 26.5. The van der Waals surface area contributed by atoms with Crippen molar-refractivity contribution in [1.29, 1.82) is 0 Å². The van der Waals surface area contributed by atoms with Gasteiger partial charge in [-0.15, -0.1) is 0 Å². The van der Waals surface area contributed by atoms with Crippen molar-refractivity contribution in [1.82, 2.24) is 25.3 Å². The van der Waals surface area contributed by atoms with Crippen molar-refractivity contribution in [3.05, 3.63) is 17.5 Å². The number of aliphatic hydroxyl groups is 1. The Hall–Kier alpha value is -2.08. The van der Waals surface area contributed by atoms with Crippen molar-refractivity contribution in [3.63, 3.8) is 0 Å². The fraction of sp³-hybridized carbons (Fsp3) is 0.792. The number of nitrogens with zero attached hydrogens (tertiary/aromatic N) is 3. The number of amides is 2. The lowest BCUT2D eigenvalue weighted by Crippen LogP contribution is -2.54. The highest BCUT2D eigenvalue weighted by atomic mass is 19.1. The number of hydrogen-bond acceptors (Lipinski definition) is 7. The molecular formula is C24H38FN5O5. The summed E-state index contributed by atoms with van der Waals surface area (Å²) in [7, 11) is 0. The molecule has 2 amide bonds. The van der Waals surface area contributed by atoms with Crippen LogP contribution in [0.3, 0.4) is 0 Å². The van der Waals surface area contributed by atoms with E-state index in [2.05, 4.69) is 21.4 Å². The first-order valence-corrected chi connectivity index (χ1v) is 12.8. The molecule has 0 spiro atoms. The van der Waals surface area contributed by atoms with Crippen LogP contribution < -0.4 is 10.6 Å². The molecule has 2 aliphatic heterocycles. The lowest BCUT2D eigenvalue weighted by Gasteiger charge is -2.35. The number of rotatable bonds is 11. The summed E-state index contributed by atoms with van der Waals surface area (Å²) in [4.78, 5) is 26.7. The van der Waals surface area contributed by atoms with Crippen LogP contribution in [0.4, 0.5) is 4.39 Å². The van der Waals surface area contributed by atoms with Crippen LogP contribution in [-0.4, -0.2) is 96.0 Å². The Kier molecular flexibility index (Phi) is 9.10. The first-order valence-electron chi connectivity index (χ1n) is 12.8. The fourth-order valence-electron chi connectivity index (χ4n) is 4.93. The van der Waals surface area contributed by atoms with Crippen LogP contribution >= 0.6 is 0 Å². The zero-order valence-electron chi connectivity index (χ0n) is 20.5. The first-order chi connectivity index (χ1) is 17.0. The van der Waals surface area contributed by atoms with Crippen LogP contribution in [0, 0.1) is 0 Å². The number of aliphatic hydroxyl groups excluding tert-OH is 1. The number of hydrogen-bond donors (Lipinski definition) is 3. The van der Waals surface area contributed by atoms with E-state index < -0.39 is 25.5 Å². The number of halogens is 1. The summed E-state index contributed by atoms with van der Waals surface area (Å²) in [6, 6.07) is 2.21. The molecule has 1 saturated carbocycles. The fourth-order valence-corrected chi connectivity index (χ4v) is 4.93. The molecule has 0 radical (unpaired) electrons. The molecule has 1 aromatic heterocycles. The van der Waals surface area contributed by atoms with E-state index in [1.54, 1.807) is 0 Å². The average Bonchev–Trinajstić information content (AvgIpc) is 3.64. The van der Waals surface area contributed by atoms with Crippen LogP contribution in [0.2, 0.25) is 0 Å². The molecule has 3 atom stereocenters. The van der Waals surface area contributed by atoms with E-state index in [9.17, 15) is 14.0 Å². The zero-order valence-corrected chi connectivity index (χ0v) is 20.5. The molecule has 0 unspecified atom stereocenters. The molecule has 0 aromatic carbocycles. The molecule has 3 N–H and O–H groups in total. The number of ether oxygens (including phenoxy) is 2. The van der Waals surface area contributed by atoms with Crippen molar-refractivity contribution in [3.8, 4) is 0 Å². The van der Waals surface area contributed by atoms with E-state index in [1.165, 1.54) is 0 Å². The van der Waals surface area contributed by atoms with Crippen LogP contribution in [0.25, 0.3) is 0 Å². The topological polar surface area (TPSA) is 118 Å². The average molecular weight is 496 g/mol.